The van der Waals surface area contributed by atoms with Crippen molar-refractivity contribution >= 4 is 27.6 Å². The number of anilines is 1. The van der Waals surface area contributed by atoms with Gasteiger partial charge in [-0.2, -0.15) is 4.31 Å². The van der Waals surface area contributed by atoms with E-state index < -0.39 is 16.0 Å². The van der Waals surface area contributed by atoms with Crippen LogP contribution in [0.15, 0.2) is 53.4 Å². The fraction of sp³-hybridized carbons (Fsp3) is 0.300. The van der Waals surface area contributed by atoms with Crippen molar-refractivity contribution in [1.29, 1.82) is 0 Å². The van der Waals surface area contributed by atoms with Crippen molar-refractivity contribution in [3.63, 3.8) is 0 Å². The van der Waals surface area contributed by atoms with Crippen LogP contribution in [-0.4, -0.2) is 37.7 Å². The van der Waals surface area contributed by atoms with E-state index in [2.05, 4.69) is 5.32 Å². The van der Waals surface area contributed by atoms with Crippen molar-refractivity contribution in [1.82, 2.24) is 4.31 Å². The molecule has 1 fully saturated rings. The lowest BCUT2D eigenvalue weighted by molar-refractivity contribution is -0.255. The molecule has 0 bridgehead atoms. The molecule has 1 N–H and O–H groups in total. The molecule has 1 aliphatic rings. The van der Waals surface area contributed by atoms with Crippen LogP contribution in [0.4, 0.5) is 5.69 Å². The van der Waals surface area contributed by atoms with Crippen LogP contribution in [0.2, 0.25) is 0 Å². The molecule has 8 heteroatoms. The lowest BCUT2D eigenvalue weighted by Gasteiger charge is -2.30. The van der Waals surface area contributed by atoms with Gasteiger partial charge < -0.3 is 15.2 Å². The van der Waals surface area contributed by atoms with Gasteiger partial charge in [0.05, 0.1) is 10.9 Å². The largest absolute Gasteiger partial charge is 0.545 e. The first-order chi connectivity index (χ1) is 13.3. The van der Waals surface area contributed by atoms with Crippen LogP contribution in [0.25, 0.3) is 0 Å². The Morgan fingerprint density at radius 3 is 2.11 bits per heavy atom. The molecule has 1 saturated heterocycles. The summed E-state index contributed by atoms with van der Waals surface area (Å²) in [5.41, 5.74) is 1.51. The minimum Gasteiger partial charge on any atom is -0.545 e. The summed E-state index contributed by atoms with van der Waals surface area (Å²) in [7, 11) is -3.56. The van der Waals surface area contributed by atoms with Crippen molar-refractivity contribution in [3.8, 4) is 0 Å². The van der Waals surface area contributed by atoms with Crippen molar-refractivity contribution in [2.75, 3.05) is 18.4 Å². The molecule has 1 aliphatic heterocycles. The van der Waals surface area contributed by atoms with E-state index >= 15 is 0 Å². The molecule has 1 amide bonds. The Hall–Kier alpha value is -2.71. The van der Waals surface area contributed by atoms with E-state index in [9.17, 15) is 23.1 Å². The number of carbonyl (C=O) groups is 2. The Morgan fingerprint density at radius 1 is 1.00 bits per heavy atom. The van der Waals surface area contributed by atoms with E-state index in [0.29, 0.717) is 18.5 Å². The zero-order valence-corrected chi connectivity index (χ0v) is 16.2. The van der Waals surface area contributed by atoms with E-state index in [-0.39, 0.29) is 35.4 Å². The average Bonchev–Trinajstić information content (AvgIpc) is 2.69. The van der Waals surface area contributed by atoms with Crippen LogP contribution in [-0.2, 0) is 14.8 Å². The lowest BCUT2D eigenvalue weighted by atomic mass is 9.97. The Kier molecular flexibility index (Phi) is 5.81. The summed E-state index contributed by atoms with van der Waals surface area (Å²) in [6.45, 7) is 2.45. The second-order valence-electron chi connectivity index (χ2n) is 6.85. The number of sulfonamides is 1. The Bertz CT molecular complexity index is 961. The SMILES string of the molecule is Cc1ccc(S(=O)(=O)N2CCC(C(=O)Nc3ccc(C(=O)[O-])cc3)CC2)cc1. The molecule has 0 aromatic heterocycles. The fourth-order valence-corrected chi connectivity index (χ4v) is 4.62. The minimum absolute atomic E-state index is 0.0348. The van der Waals surface area contributed by atoms with Crippen molar-refractivity contribution in [2.45, 2.75) is 24.7 Å². The number of aromatic carboxylic acids is 1. The van der Waals surface area contributed by atoms with Crippen molar-refractivity contribution < 1.29 is 23.1 Å². The summed E-state index contributed by atoms with van der Waals surface area (Å²) in [6, 6.07) is 12.4. The first kappa shape index (κ1) is 20.0. The first-order valence-corrected chi connectivity index (χ1v) is 10.4. The Labute approximate surface area is 164 Å². The third-order valence-corrected chi connectivity index (χ3v) is 6.78. The lowest BCUT2D eigenvalue weighted by Crippen LogP contribution is -2.41. The van der Waals surface area contributed by atoms with Gasteiger partial charge in [-0.05, 0) is 49.6 Å². The molecule has 0 saturated carbocycles. The van der Waals surface area contributed by atoms with Gasteiger partial charge in [0, 0.05) is 24.7 Å². The predicted octanol–water partition coefficient (Wildman–Crippen LogP) is 1.40. The molecule has 2 aromatic rings. The number of nitrogens with one attached hydrogen (secondary N) is 1. The zero-order valence-electron chi connectivity index (χ0n) is 15.4. The predicted molar refractivity (Wildman–Crippen MR) is 102 cm³/mol. The number of rotatable bonds is 5. The van der Waals surface area contributed by atoms with Crippen molar-refractivity contribution in [3.05, 3.63) is 59.7 Å². The summed E-state index contributed by atoms with van der Waals surface area (Å²) < 4.78 is 26.9. The van der Waals surface area contributed by atoms with Crippen LogP contribution in [0.1, 0.15) is 28.8 Å². The van der Waals surface area contributed by atoms with Crippen molar-refractivity contribution in [2.24, 2.45) is 5.92 Å². The smallest absolute Gasteiger partial charge is 0.243 e. The number of carboxylic acids is 1. The molecule has 0 aliphatic carbocycles. The Morgan fingerprint density at radius 2 is 1.57 bits per heavy atom. The maximum Gasteiger partial charge on any atom is 0.243 e. The molecule has 0 radical (unpaired) electrons. The summed E-state index contributed by atoms with van der Waals surface area (Å²) in [6.07, 6.45) is 0.849. The summed E-state index contributed by atoms with van der Waals surface area (Å²) in [5.74, 6) is -1.78. The number of carbonyl (C=O) groups excluding carboxylic acids is 2. The number of carboxylic acid groups (broad SMARTS) is 1. The molecule has 0 atom stereocenters. The summed E-state index contributed by atoms with van der Waals surface area (Å²) >= 11 is 0. The van der Waals surface area contributed by atoms with E-state index in [1.165, 1.54) is 28.6 Å². The topological polar surface area (TPSA) is 107 Å². The first-order valence-electron chi connectivity index (χ1n) is 8.96. The molecule has 3 rings (SSSR count). The van der Waals surface area contributed by atoms with Gasteiger partial charge in [0.2, 0.25) is 15.9 Å². The van der Waals surface area contributed by atoms with Gasteiger partial charge in [0.15, 0.2) is 0 Å². The average molecular weight is 401 g/mol. The fourth-order valence-electron chi connectivity index (χ4n) is 3.15. The summed E-state index contributed by atoms with van der Waals surface area (Å²) in [5, 5.41) is 13.5. The van der Waals surface area contributed by atoms with E-state index in [1.54, 1.807) is 24.3 Å². The van der Waals surface area contributed by atoms with Gasteiger partial charge in [0.1, 0.15) is 0 Å². The molecular weight excluding hydrogens is 380 g/mol. The number of amides is 1. The van der Waals surface area contributed by atoms with Crippen LogP contribution >= 0.6 is 0 Å². The number of hydrogen-bond acceptors (Lipinski definition) is 5. The molecular formula is C20H21N2O5S-. The Balaban J connectivity index is 1.59. The third-order valence-electron chi connectivity index (χ3n) is 4.87. The molecule has 0 unspecified atom stereocenters. The zero-order chi connectivity index (χ0) is 20.3. The standard InChI is InChI=1S/C20H22N2O5S/c1-14-2-8-18(9-3-14)28(26,27)22-12-10-15(11-13-22)19(23)21-17-6-4-16(5-7-17)20(24)25/h2-9,15H,10-13H2,1H3,(H,21,23)(H,24,25)/p-1. The van der Waals surface area contributed by atoms with Crippen LogP contribution in [0, 0.1) is 12.8 Å². The molecule has 2 aromatic carbocycles. The molecule has 28 heavy (non-hydrogen) atoms. The maximum atomic E-state index is 12.7. The highest BCUT2D eigenvalue weighted by molar-refractivity contribution is 7.89. The molecule has 148 valence electrons. The van der Waals surface area contributed by atoms with E-state index in [0.717, 1.165) is 5.56 Å². The number of hydrogen-bond donors (Lipinski definition) is 1. The third kappa shape index (κ3) is 4.40. The number of piperidine rings is 1. The van der Waals surface area contributed by atoms with E-state index in [4.69, 9.17) is 0 Å². The van der Waals surface area contributed by atoms with Crippen LogP contribution in [0.3, 0.4) is 0 Å². The van der Waals surface area contributed by atoms with Gasteiger partial charge >= 0.3 is 0 Å². The maximum absolute atomic E-state index is 12.7. The number of nitrogens with zero attached hydrogens (tertiary/aromatic N) is 1. The molecule has 7 nitrogen and oxygen atoms in total. The minimum atomic E-state index is -3.56. The molecule has 0 spiro atoms. The van der Waals surface area contributed by atoms with E-state index in [1.807, 2.05) is 6.92 Å². The normalized spacial score (nSPS) is 15.9. The highest BCUT2D eigenvalue weighted by Gasteiger charge is 2.32. The number of benzene rings is 2. The second kappa shape index (κ2) is 8.12. The number of aryl methyl sites for hydroxylation is 1. The van der Waals surface area contributed by atoms with Gasteiger partial charge in [-0.3, -0.25) is 4.79 Å². The van der Waals surface area contributed by atoms with Gasteiger partial charge in [0.25, 0.3) is 0 Å². The second-order valence-corrected chi connectivity index (χ2v) is 8.78. The van der Waals surface area contributed by atoms with Gasteiger partial charge in [-0.15, -0.1) is 0 Å². The highest BCUT2D eigenvalue weighted by atomic mass is 32.2. The van der Waals surface area contributed by atoms with Crippen LogP contribution in [0.5, 0.6) is 0 Å². The van der Waals surface area contributed by atoms with Gasteiger partial charge in [-0.25, -0.2) is 8.42 Å². The van der Waals surface area contributed by atoms with Crippen LogP contribution < -0.4 is 10.4 Å². The quantitative estimate of drug-likeness (QED) is 0.815. The monoisotopic (exact) mass is 401 g/mol. The summed E-state index contributed by atoms with van der Waals surface area (Å²) in [4.78, 5) is 23.5. The highest BCUT2D eigenvalue weighted by Crippen LogP contribution is 2.25. The van der Waals surface area contributed by atoms with Gasteiger partial charge in [-0.1, -0.05) is 29.8 Å². The molecule has 1 heterocycles.